The van der Waals surface area contributed by atoms with Gasteiger partial charge in [-0.1, -0.05) is 18.2 Å². The minimum atomic E-state index is -0.115. The number of thiophene rings is 1. The molecule has 1 aromatic carbocycles. The molecular weight excluding hydrogens is 232 g/mol. The molecule has 1 aromatic heterocycles. The maximum absolute atomic E-state index is 12.0. The van der Waals surface area contributed by atoms with Crippen LogP contribution in [-0.4, -0.2) is 5.91 Å². The summed E-state index contributed by atoms with van der Waals surface area (Å²) < 4.78 is 0. The lowest BCUT2D eigenvalue weighted by atomic mass is 10.0. The molecule has 1 unspecified atom stereocenters. The van der Waals surface area contributed by atoms with Gasteiger partial charge in [-0.2, -0.15) is 0 Å². The molecule has 1 amide bonds. The number of fused-ring (bicyclic) bond motifs is 1. The summed E-state index contributed by atoms with van der Waals surface area (Å²) in [6, 6.07) is 9.76. The zero-order valence-corrected chi connectivity index (χ0v) is 10.2. The number of aryl methyl sites for hydroxylation is 1. The number of anilines is 1. The highest BCUT2D eigenvalue weighted by Gasteiger charge is 2.25. The van der Waals surface area contributed by atoms with Crippen LogP contribution in [0.2, 0.25) is 0 Å². The molecule has 0 spiro atoms. The molecular formula is C13H12N2OS. The van der Waals surface area contributed by atoms with Gasteiger partial charge in [-0.15, -0.1) is 11.3 Å². The lowest BCUT2D eigenvalue weighted by Gasteiger charge is -2.28. The predicted octanol–water partition coefficient (Wildman–Crippen LogP) is 2.91. The Balaban J connectivity index is 2.03. The maximum atomic E-state index is 12.0. The number of carbonyl (C=O) groups is 1. The van der Waals surface area contributed by atoms with Crippen LogP contribution in [0.5, 0.6) is 0 Å². The average Bonchev–Trinajstić information content (AvgIpc) is 2.84. The molecule has 0 saturated heterocycles. The number of carbonyl (C=O) groups excluding carboxylic acids is 1. The Morgan fingerprint density at radius 1 is 1.18 bits per heavy atom. The van der Waals surface area contributed by atoms with E-state index in [0.29, 0.717) is 0 Å². The van der Waals surface area contributed by atoms with E-state index in [1.807, 2.05) is 42.6 Å². The highest BCUT2D eigenvalue weighted by molar-refractivity contribution is 7.10. The fourth-order valence-electron chi connectivity index (χ4n) is 2.04. The Morgan fingerprint density at radius 2 is 2.06 bits per heavy atom. The zero-order chi connectivity index (χ0) is 11.8. The van der Waals surface area contributed by atoms with Crippen molar-refractivity contribution in [2.24, 2.45) is 0 Å². The lowest BCUT2D eigenvalue weighted by Crippen LogP contribution is -2.38. The van der Waals surface area contributed by atoms with Crippen LogP contribution in [0.15, 0.2) is 35.7 Å². The molecule has 0 radical (unpaired) electrons. The van der Waals surface area contributed by atoms with E-state index in [9.17, 15) is 4.79 Å². The van der Waals surface area contributed by atoms with Crippen LogP contribution in [0, 0.1) is 6.92 Å². The van der Waals surface area contributed by atoms with Crippen molar-refractivity contribution in [3.63, 3.8) is 0 Å². The molecule has 0 fully saturated rings. The summed E-state index contributed by atoms with van der Waals surface area (Å²) in [5, 5.41) is 8.35. The third-order valence-corrected chi connectivity index (χ3v) is 3.85. The van der Waals surface area contributed by atoms with Crippen molar-refractivity contribution >= 4 is 22.9 Å². The molecule has 4 heteroatoms. The smallest absolute Gasteiger partial charge is 0.255 e. The van der Waals surface area contributed by atoms with Gasteiger partial charge >= 0.3 is 0 Å². The van der Waals surface area contributed by atoms with Crippen molar-refractivity contribution in [1.82, 2.24) is 5.32 Å². The van der Waals surface area contributed by atoms with Gasteiger partial charge in [0.1, 0.15) is 6.17 Å². The van der Waals surface area contributed by atoms with E-state index in [1.165, 1.54) is 0 Å². The average molecular weight is 244 g/mol. The van der Waals surface area contributed by atoms with E-state index in [-0.39, 0.29) is 12.1 Å². The molecule has 1 atom stereocenters. The number of benzene rings is 1. The van der Waals surface area contributed by atoms with Crippen LogP contribution >= 0.6 is 11.3 Å². The zero-order valence-electron chi connectivity index (χ0n) is 9.36. The molecule has 2 aromatic rings. The van der Waals surface area contributed by atoms with Crippen molar-refractivity contribution in [3.8, 4) is 0 Å². The second-order valence-electron chi connectivity index (χ2n) is 4.06. The molecule has 1 aliphatic heterocycles. The van der Waals surface area contributed by atoms with Crippen molar-refractivity contribution in [2.45, 2.75) is 13.1 Å². The minimum Gasteiger partial charge on any atom is -0.360 e. The summed E-state index contributed by atoms with van der Waals surface area (Å²) in [5.41, 5.74) is 2.76. The SMILES string of the molecule is Cc1cccc2c1NC(c1cccs1)NC2=O. The number of para-hydroxylation sites is 1. The monoisotopic (exact) mass is 244 g/mol. The Hall–Kier alpha value is -1.81. The molecule has 0 bridgehead atoms. The predicted molar refractivity (Wildman–Crippen MR) is 69.3 cm³/mol. The van der Waals surface area contributed by atoms with Gasteiger partial charge in [0.2, 0.25) is 0 Å². The normalized spacial score (nSPS) is 18.2. The van der Waals surface area contributed by atoms with Gasteiger partial charge in [0.25, 0.3) is 5.91 Å². The van der Waals surface area contributed by atoms with Crippen molar-refractivity contribution < 1.29 is 4.79 Å². The van der Waals surface area contributed by atoms with Crippen LogP contribution in [-0.2, 0) is 0 Å². The second-order valence-corrected chi connectivity index (χ2v) is 5.04. The molecule has 86 valence electrons. The summed E-state index contributed by atoms with van der Waals surface area (Å²) in [6.07, 6.45) is -0.115. The van der Waals surface area contributed by atoms with Gasteiger partial charge < -0.3 is 10.6 Å². The van der Waals surface area contributed by atoms with E-state index in [1.54, 1.807) is 11.3 Å². The minimum absolute atomic E-state index is 0.0131. The van der Waals surface area contributed by atoms with Gasteiger partial charge in [-0.25, -0.2) is 0 Å². The van der Waals surface area contributed by atoms with E-state index in [0.717, 1.165) is 21.7 Å². The van der Waals surface area contributed by atoms with Crippen LogP contribution in [0.1, 0.15) is 27.0 Å². The summed E-state index contributed by atoms with van der Waals surface area (Å²) in [6.45, 7) is 2.01. The molecule has 2 N–H and O–H groups in total. The fourth-order valence-corrected chi connectivity index (χ4v) is 2.76. The van der Waals surface area contributed by atoms with Gasteiger partial charge in [-0.3, -0.25) is 4.79 Å². The van der Waals surface area contributed by atoms with Gasteiger partial charge in [0, 0.05) is 4.88 Å². The Kier molecular flexibility index (Phi) is 2.37. The first-order chi connectivity index (χ1) is 8.25. The quantitative estimate of drug-likeness (QED) is 0.809. The first-order valence-electron chi connectivity index (χ1n) is 5.46. The van der Waals surface area contributed by atoms with E-state index in [4.69, 9.17) is 0 Å². The highest BCUT2D eigenvalue weighted by atomic mass is 32.1. The number of nitrogens with one attached hydrogen (secondary N) is 2. The number of amides is 1. The van der Waals surface area contributed by atoms with Gasteiger partial charge in [0.05, 0.1) is 11.3 Å². The second kappa shape index (κ2) is 3.89. The van der Waals surface area contributed by atoms with Crippen molar-refractivity contribution in [2.75, 3.05) is 5.32 Å². The topological polar surface area (TPSA) is 41.1 Å². The molecule has 3 rings (SSSR count). The molecule has 17 heavy (non-hydrogen) atoms. The van der Waals surface area contributed by atoms with Crippen LogP contribution in [0.25, 0.3) is 0 Å². The number of hydrogen-bond donors (Lipinski definition) is 2. The van der Waals surface area contributed by atoms with Crippen LogP contribution < -0.4 is 10.6 Å². The third kappa shape index (κ3) is 1.70. The van der Waals surface area contributed by atoms with E-state index in [2.05, 4.69) is 10.6 Å². The maximum Gasteiger partial charge on any atom is 0.255 e. The van der Waals surface area contributed by atoms with E-state index >= 15 is 0 Å². The third-order valence-electron chi connectivity index (χ3n) is 2.91. The number of hydrogen-bond acceptors (Lipinski definition) is 3. The lowest BCUT2D eigenvalue weighted by molar-refractivity contribution is 0.0936. The Bertz CT molecular complexity index is 563. The van der Waals surface area contributed by atoms with Crippen LogP contribution in [0.4, 0.5) is 5.69 Å². The fraction of sp³-hybridized carbons (Fsp3) is 0.154. The summed E-state index contributed by atoms with van der Waals surface area (Å²) >= 11 is 1.63. The van der Waals surface area contributed by atoms with E-state index < -0.39 is 0 Å². The summed E-state index contributed by atoms with van der Waals surface area (Å²) in [5.74, 6) is -0.0131. The van der Waals surface area contributed by atoms with Crippen molar-refractivity contribution in [3.05, 3.63) is 51.7 Å². The number of rotatable bonds is 1. The molecule has 3 nitrogen and oxygen atoms in total. The van der Waals surface area contributed by atoms with Crippen LogP contribution in [0.3, 0.4) is 0 Å². The van der Waals surface area contributed by atoms with Gasteiger partial charge in [-0.05, 0) is 30.0 Å². The largest absolute Gasteiger partial charge is 0.360 e. The summed E-state index contributed by atoms with van der Waals surface area (Å²) in [4.78, 5) is 13.1. The first kappa shape index (κ1) is 10.4. The molecule has 0 saturated carbocycles. The molecule has 1 aliphatic rings. The Morgan fingerprint density at radius 3 is 2.82 bits per heavy atom. The standard InChI is InChI=1S/C13H12N2OS/c1-8-4-2-5-9-11(8)14-12(15-13(9)16)10-6-3-7-17-10/h2-7,12,14H,1H3,(H,15,16). The Labute approximate surface area is 103 Å². The van der Waals surface area contributed by atoms with Crippen molar-refractivity contribution in [1.29, 1.82) is 0 Å². The summed E-state index contributed by atoms with van der Waals surface area (Å²) in [7, 11) is 0. The molecule has 2 heterocycles. The first-order valence-corrected chi connectivity index (χ1v) is 6.34. The highest BCUT2D eigenvalue weighted by Crippen LogP contribution is 2.30. The molecule has 0 aliphatic carbocycles. The van der Waals surface area contributed by atoms with Gasteiger partial charge in [0.15, 0.2) is 0 Å².